The SMILES string of the molecule is COc1ccc(S(=O)(=O)CC(=O)Nc2ccc3nc(SC)sc3c2)cc1. The van der Waals surface area contributed by atoms with Crippen molar-refractivity contribution in [3.05, 3.63) is 42.5 Å². The number of nitrogens with zero attached hydrogens (tertiary/aromatic N) is 1. The molecule has 0 spiro atoms. The van der Waals surface area contributed by atoms with Crippen LogP contribution in [0.25, 0.3) is 10.2 Å². The van der Waals surface area contributed by atoms with Gasteiger partial charge in [0.05, 0.1) is 22.2 Å². The molecule has 1 heterocycles. The first kappa shape index (κ1) is 18.7. The van der Waals surface area contributed by atoms with Crippen molar-refractivity contribution in [2.45, 2.75) is 9.24 Å². The molecule has 1 aromatic heterocycles. The molecule has 0 aliphatic heterocycles. The number of amides is 1. The molecule has 0 radical (unpaired) electrons. The number of nitrogens with one attached hydrogen (secondary N) is 1. The lowest BCUT2D eigenvalue weighted by atomic mass is 10.3. The maximum atomic E-state index is 12.4. The van der Waals surface area contributed by atoms with Crippen LogP contribution < -0.4 is 10.1 Å². The third kappa shape index (κ3) is 4.17. The molecule has 0 fully saturated rings. The second-order valence-electron chi connectivity index (χ2n) is 5.35. The van der Waals surface area contributed by atoms with E-state index in [0.29, 0.717) is 11.4 Å². The van der Waals surface area contributed by atoms with Gasteiger partial charge in [-0.25, -0.2) is 13.4 Å². The zero-order valence-electron chi connectivity index (χ0n) is 14.1. The highest BCUT2D eigenvalue weighted by atomic mass is 32.2. The van der Waals surface area contributed by atoms with Crippen LogP contribution >= 0.6 is 23.1 Å². The molecule has 0 saturated heterocycles. The Morgan fingerprint density at radius 3 is 2.62 bits per heavy atom. The molecule has 136 valence electrons. The summed E-state index contributed by atoms with van der Waals surface area (Å²) in [5.41, 5.74) is 1.40. The zero-order valence-corrected chi connectivity index (χ0v) is 16.5. The smallest absolute Gasteiger partial charge is 0.239 e. The van der Waals surface area contributed by atoms with E-state index in [0.717, 1.165) is 14.6 Å². The summed E-state index contributed by atoms with van der Waals surface area (Å²) in [6.45, 7) is 0. The molecule has 6 nitrogen and oxygen atoms in total. The van der Waals surface area contributed by atoms with Gasteiger partial charge in [-0.05, 0) is 48.7 Å². The molecular weight excluding hydrogens is 392 g/mol. The molecule has 0 saturated carbocycles. The van der Waals surface area contributed by atoms with Gasteiger partial charge in [-0.1, -0.05) is 11.8 Å². The van der Waals surface area contributed by atoms with E-state index in [9.17, 15) is 13.2 Å². The van der Waals surface area contributed by atoms with E-state index in [1.165, 1.54) is 30.6 Å². The topological polar surface area (TPSA) is 85.4 Å². The van der Waals surface area contributed by atoms with Crippen LogP contribution in [0, 0.1) is 0 Å². The Morgan fingerprint density at radius 1 is 1.23 bits per heavy atom. The summed E-state index contributed by atoms with van der Waals surface area (Å²) >= 11 is 3.08. The highest BCUT2D eigenvalue weighted by Crippen LogP contribution is 2.30. The van der Waals surface area contributed by atoms with Crippen molar-refractivity contribution < 1.29 is 17.9 Å². The first-order chi connectivity index (χ1) is 12.4. The molecule has 2 aromatic carbocycles. The summed E-state index contributed by atoms with van der Waals surface area (Å²) in [5, 5.41) is 2.64. The molecular formula is C17H16N2O4S3. The lowest BCUT2D eigenvalue weighted by molar-refractivity contribution is -0.113. The summed E-state index contributed by atoms with van der Waals surface area (Å²) in [5.74, 6) is -0.665. The molecule has 0 unspecified atom stereocenters. The maximum Gasteiger partial charge on any atom is 0.239 e. The quantitative estimate of drug-likeness (QED) is 0.629. The van der Waals surface area contributed by atoms with Crippen molar-refractivity contribution in [2.24, 2.45) is 0 Å². The van der Waals surface area contributed by atoms with Crippen LogP contribution in [0.5, 0.6) is 5.75 Å². The molecule has 26 heavy (non-hydrogen) atoms. The Balaban J connectivity index is 1.72. The van der Waals surface area contributed by atoms with E-state index < -0.39 is 21.5 Å². The van der Waals surface area contributed by atoms with Crippen LogP contribution in [-0.2, 0) is 14.6 Å². The Hall–Kier alpha value is -2.10. The number of sulfone groups is 1. The van der Waals surface area contributed by atoms with E-state index in [1.807, 2.05) is 6.26 Å². The van der Waals surface area contributed by atoms with Crippen LogP contribution in [0.1, 0.15) is 0 Å². The summed E-state index contributed by atoms with van der Waals surface area (Å²) in [6, 6.07) is 11.3. The van der Waals surface area contributed by atoms with Gasteiger partial charge in [-0.3, -0.25) is 4.79 Å². The Morgan fingerprint density at radius 2 is 1.96 bits per heavy atom. The highest BCUT2D eigenvalue weighted by Gasteiger charge is 2.19. The third-order valence-electron chi connectivity index (χ3n) is 3.57. The largest absolute Gasteiger partial charge is 0.497 e. The van der Waals surface area contributed by atoms with Gasteiger partial charge in [-0.2, -0.15) is 0 Å². The summed E-state index contributed by atoms with van der Waals surface area (Å²) in [4.78, 5) is 16.7. The lowest BCUT2D eigenvalue weighted by Gasteiger charge is -2.07. The number of hydrogen-bond acceptors (Lipinski definition) is 7. The average molecular weight is 409 g/mol. The number of hydrogen-bond donors (Lipinski definition) is 1. The summed E-state index contributed by atoms with van der Waals surface area (Å²) in [6.07, 6.45) is 1.95. The predicted molar refractivity (Wildman–Crippen MR) is 105 cm³/mol. The predicted octanol–water partition coefficient (Wildman–Crippen LogP) is 3.44. The molecule has 0 aliphatic rings. The Kier molecular flexibility index (Phi) is 5.49. The van der Waals surface area contributed by atoms with Gasteiger partial charge in [0.1, 0.15) is 11.5 Å². The lowest BCUT2D eigenvalue weighted by Crippen LogP contribution is -2.23. The molecule has 1 N–H and O–H groups in total. The maximum absolute atomic E-state index is 12.4. The average Bonchev–Trinajstić information content (AvgIpc) is 3.03. The second-order valence-corrected chi connectivity index (χ2v) is 9.42. The van der Waals surface area contributed by atoms with E-state index >= 15 is 0 Å². The van der Waals surface area contributed by atoms with Crippen LogP contribution in [0.15, 0.2) is 51.7 Å². The monoisotopic (exact) mass is 408 g/mol. The Labute approximate surface area is 159 Å². The van der Waals surface area contributed by atoms with Crippen LogP contribution in [0.3, 0.4) is 0 Å². The van der Waals surface area contributed by atoms with Gasteiger partial charge in [-0.15, -0.1) is 11.3 Å². The second kappa shape index (κ2) is 7.65. The first-order valence-electron chi connectivity index (χ1n) is 7.52. The number of ether oxygens (including phenoxy) is 1. The van der Waals surface area contributed by atoms with E-state index in [2.05, 4.69) is 10.3 Å². The van der Waals surface area contributed by atoms with Crippen molar-refractivity contribution in [2.75, 3.05) is 24.4 Å². The highest BCUT2D eigenvalue weighted by molar-refractivity contribution is 8.00. The molecule has 0 aliphatic carbocycles. The minimum Gasteiger partial charge on any atom is -0.497 e. The van der Waals surface area contributed by atoms with Crippen molar-refractivity contribution in [1.82, 2.24) is 4.98 Å². The van der Waals surface area contributed by atoms with E-state index in [-0.39, 0.29) is 4.90 Å². The summed E-state index contributed by atoms with van der Waals surface area (Å²) < 4.78 is 31.6. The molecule has 0 atom stereocenters. The minimum atomic E-state index is -3.73. The number of anilines is 1. The van der Waals surface area contributed by atoms with Crippen LogP contribution in [0.4, 0.5) is 5.69 Å². The number of carbonyl (C=O) groups is 1. The number of fused-ring (bicyclic) bond motifs is 1. The number of thiazole rings is 1. The van der Waals surface area contributed by atoms with Crippen molar-refractivity contribution in [3.63, 3.8) is 0 Å². The molecule has 9 heteroatoms. The van der Waals surface area contributed by atoms with Crippen molar-refractivity contribution >= 4 is 54.7 Å². The van der Waals surface area contributed by atoms with Gasteiger partial charge < -0.3 is 10.1 Å². The van der Waals surface area contributed by atoms with Gasteiger partial charge in [0, 0.05) is 5.69 Å². The van der Waals surface area contributed by atoms with Crippen LogP contribution in [-0.4, -0.2) is 38.4 Å². The fraction of sp³-hybridized carbons (Fsp3) is 0.176. The standard InChI is InChI=1S/C17H16N2O4S3/c1-23-12-4-6-13(7-5-12)26(21,22)10-16(20)18-11-3-8-14-15(9-11)25-17(19-14)24-2/h3-9H,10H2,1-2H3,(H,18,20). The fourth-order valence-corrected chi connectivity index (χ4v) is 4.97. The number of aromatic nitrogens is 1. The van der Waals surface area contributed by atoms with Gasteiger partial charge in [0.2, 0.25) is 5.91 Å². The molecule has 1 amide bonds. The Bertz CT molecular complexity index is 1040. The molecule has 0 bridgehead atoms. The summed E-state index contributed by atoms with van der Waals surface area (Å²) in [7, 11) is -2.23. The zero-order chi connectivity index (χ0) is 18.7. The van der Waals surface area contributed by atoms with Crippen molar-refractivity contribution in [3.8, 4) is 5.75 Å². The van der Waals surface area contributed by atoms with Gasteiger partial charge in [0.25, 0.3) is 0 Å². The minimum absolute atomic E-state index is 0.0796. The number of benzene rings is 2. The van der Waals surface area contributed by atoms with Gasteiger partial charge in [0.15, 0.2) is 14.2 Å². The number of thioether (sulfide) groups is 1. The van der Waals surface area contributed by atoms with Gasteiger partial charge >= 0.3 is 0 Å². The first-order valence-corrected chi connectivity index (χ1v) is 11.2. The van der Waals surface area contributed by atoms with Crippen molar-refractivity contribution in [1.29, 1.82) is 0 Å². The number of methoxy groups -OCH3 is 1. The third-order valence-corrected chi connectivity index (χ3v) is 7.20. The number of carbonyl (C=O) groups excluding carboxylic acids is 1. The van der Waals surface area contributed by atoms with E-state index in [4.69, 9.17) is 4.74 Å². The normalized spacial score (nSPS) is 11.5. The van der Waals surface area contributed by atoms with E-state index in [1.54, 1.807) is 42.1 Å². The fourth-order valence-electron chi connectivity index (χ4n) is 2.30. The molecule has 3 aromatic rings. The van der Waals surface area contributed by atoms with Crippen LogP contribution in [0.2, 0.25) is 0 Å². The number of rotatable bonds is 6. The molecule has 3 rings (SSSR count).